The SMILES string of the molecule is C/C=C\c1ccccc1C.CC(C)C.CC(C)C.c1ccc2c(c1)OCCO2. The maximum Gasteiger partial charge on any atom is 0.161 e. The molecule has 0 amide bonds. The number of fused-ring (bicyclic) bond motifs is 1. The molecule has 0 unspecified atom stereocenters. The van der Waals surface area contributed by atoms with Gasteiger partial charge in [0.15, 0.2) is 11.5 Å². The molecule has 0 aliphatic carbocycles. The van der Waals surface area contributed by atoms with Crippen molar-refractivity contribution in [1.29, 1.82) is 0 Å². The first-order valence-corrected chi connectivity index (χ1v) is 10.3. The first-order chi connectivity index (χ1) is 13.3. The summed E-state index contributed by atoms with van der Waals surface area (Å²) in [7, 11) is 0. The van der Waals surface area contributed by atoms with E-state index in [1.165, 1.54) is 11.1 Å². The summed E-state index contributed by atoms with van der Waals surface area (Å²) in [6, 6.07) is 16.1. The van der Waals surface area contributed by atoms with Crippen LogP contribution in [0.25, 0.3) is 6.08 Å². The van der Waals surface area contributed by atoms with Gasteiger partial charge in [-0.3, -0.25) is 0 Å². The molecule has 1 heterocycles. The fourth-order valence-corrected chi connectivity index (χ4v) is 1.95. The van der Waals surface area contributed by atoms with Gasteiger partial charge in [-0.25, -0.2) is 0 Å². The highest BCUT2D eigenvalue weighted by Crippen LogP contribution is 2.28. The molecule has 0 saturated heterocycles. The quantitative estimate of drug-likeness (QED) is 0.499. The first kappa shape index (κ1) is 25.8. The van der Waals surface area contributed by atoms with Gasteiger partial charge in [0.25, 0.3) is 0 Å². The predicted molar refractivity (Wildman–Crippen MR) is 124 cm³/mol. The lowest BCUT2D eigenvalue weighted by Crippen LogP contribution is -2.14. The average molecular weight is 385 g/mol. The Morgan fingerprint density at radius 3 is 1.50 bits per heavy atom. The fraction of sp³-hybridized carbons (Fsp3) is 0.462. The molecule has 2 nitrogen and oxygen atoms in total. The third-order valence-corrected chi connectivity index (χ3v) is 2.98. The van der Waals surface area contributed by atoms with Crippen LogP contribution in [0.3, 0.4) is 0 Å². The molecule has 0 spiro atoms. The van der Waals surface area contributed by atoms with E-state index in [1.807, 2.05) is 31.2 Å². The van der Waals surface area contributed by atoms with E-state index in [9.17, 15) is 0 Å². The highest BCUT2D eigenvalue weighted by Gasteiger charge is 2.07. The summed E-state index contributed by atoms with van der Waals surface area (Å²) in [4.78, 5) is 0. The predicted octanol–water partition coefficient (Wildman–Crippen LogP) is 7.81. The molecule has 156 valence electrons. The molecule has 28 heavy (non-hydrogen) atoms. The second-order valence-electron chi connectivity index (χ2n) is 7.96. The molecule has 0 N–H and O–H groups in total. The van der Waals surface area contributed by atoms with Crippen LogP contribution >= 0.6 is 0 Å². The van der Waals surface area contributed by atoms with E-state index in [-0.39, 0.29) is 0 Å². The van der Waals surface area contributed by atoms with Gasteiger partial charge in [0, 0.05) is 0 Å². The normalized spacial score (nSPS) is 11.6. The average Bonchev–Trinajstić information content (AvgIpc) is 2.64. The molecule has 0 saturated carbocycles. The van der Waals surface area contributed by atoms with E-state index in [1.54, 1.807) is 0 Å². The van der Waals surface area contributed by atoms with Crippen LogP contribution in [-0.4, -0.2) is 13.2 Å². The Bertz CT molecular complexity index is 620. The van der Waals surface area contributed by atoms with Crippen LogP contribution in [-0.2, 0) is 0 Å². The largest absolute Gasteiger partial charge is 0.486 e. The number of para-hydroxylation sites is 2. The zero-order valence-electron chi connectivity index (χ0n) is 19.2. The molecule has 0 atom stereocenters. The van der Waals surface area contributed by atoms with Crippen molar-refractivity contribution in [3.8, 4) is 11.5 Å². The standard InChI is InChI=1S/C10H12.C8H8O2.2C4H10/c1-3-6-10-8-5-4-7-9(10)2;1-2-4-8-7(3-1)9-5-6-10-8;2*1-4(2)3/h3-8H,1-2H3;1-4H,5-6H2;2*4H,1-3H3/b6-3-;;;. The Hall–Kier alpha value is -2.22. The zero-order valence-corrected chi connectivity index (χ0v) is 19.2. The van der Waals surface area contributed by atoms with E-state index < -0.39 is 0 Å². The Morgan fingerprint density at radius 2 is 1.11 bits per heavy atom. The smallest absolute Gasteiger partial charge is 0.161 e. The van der Waals surface area contributed by atoms with Crippen molar-refractivity contribution in [3.63, 3.8) is 0 Å². The van der Waals surface area contributed by atoms with Gasteiger partial charge in [-0.2, -0.15) is 0 Å². The van der Waals surface area contributed by atoms with Crippen molar-refractivity contribution >= 4 is 6.08 Å². The molecular weight excluding hydrogens is 344 g/mol. The molecule has 0 aromatic heterocycles. The number of benzene rings is 2. The summed E-state index contributed by atoms with van der Waals surface area (Å²) in [6.07, 6.45) is 4.18. The van der Waals surface area contributed by atoms with Gasteiger partial charge in [0.2, 0.25) is 0 Å². The number of rotatable bonds is 1. The minimum Gasteiger partial charge on any atom is -0.486 e. The summed E-state index contributed by atoms with van der Waals surface area (Å²) in [5.74, 6) is 3.38. The number of allylic oxidation sites excluding steroid dienone is 1. The topological polar surface area (TPSA) is 18.5 Å². The fourth-order valence-electron chi connectivity index (χ4n) is 1.95. The molecule has 1 aliphatic heterocycles. The Balaban J connectivity index is 0.000000382. The lowest BCUT2D eigenvalue weighted by atomic mass is 10.1. The van der Waals surface area contributed by atoms with E-state index >= 15 is 0 Å². The van der Waals surface area contributed by atoms with Crippen molar-refractivity contribution in [3.05, 3.63) is 65.7 Å². The van der Waals surface area contributed by atoms with Gasteiger partial charge in [-0.1, -0.05) is 90.1 Å². The maximum absolute atomic E-state index is 5.30. The van der Waals surface area contributed by atoms with Crippen molar-refractivity contribution in [1.82, 2.24) is 0 Å². The molecule has 0 radical (unpaired) electrons. The van der Waals surface area contributed by atoms with Gasteiger partial charge in [0.1, 0.15) is 13.2 Å². The molecular formula is C26H40O2. The van der Waals surface area contributed by atoms with E-state index in [4.69, 9.17) is 9.47 Å². The van der Waals surface area contributed by atoms with Crippen molar-refractivity contribution < 1.29 is 9.47 Å². The van der Waals surface area contributed by atoms with Crippen LogP contribution in [0, 0.1) is 18.8 Å². The van der Waals surface area contributed by atoms with Crippen molar-refractivity contribution in [2.24, 2.45) is 11.8 Å². The summed E-state index contributed by atoms with van der Waals surface area (Å²) >= 11 is 0. The third kappa shape index (κ3) is 13.9. The summed E-state index contributed by atoms with van der Waals surface area (Å²) in [5.41, 5.74) is 2.64. The van der Waals surface area contributed by atoms with E-state index in [0.29, 0.717) is 13.2 Å². The van der Waals surface area contributed by atoms with Crippen molar-refractivity contribution in [2.45, 2.75) is 55.4 Å². The number of ether oxygens (including phenoxy) is 2. The number of hydrogen-bond donors (Lipinski definition) is 0. The van der Waals surface area contributed by atoms with Gasteiger partial charge < -0.3 is 9.47 Å². The second-order valence-corrected chi connectivity index (χ2v) is 7.96. The summed E-state index contributed by atoms with van der Waals surface area (Å²) < 4.78 is 10.6. The third-order valence-electron chi connectivity index (χ3n) is 2.98. The van der Waals surface area contributed by atoms with Gasteiger partial charge in [-0.05, 0) is 48.9 Å². The van der Waals surface area contributed by atoms with Crippen LogP contribution in [0.15, 0.2) is 54.6 Å². The molecule has 0 fully saturated rings. The monoisotopic (exact) mass is 384 g/mol. The summed E-state index contributed by atoms with van der Waals surface area (Å²) in [6.45, 7) is 18.5. The highest BCUT2D eigenvalue weighted by atomic mass is 16.6. The Kier molecular flexibility index (Phi) is 14.5. The van der Waals surface area contributed by atoms with E-state index in [0.717, 1.165) is 23.3 Å². The van der Waals surface area contributed by atoms with E-state index in [2.05, 4.69) is 84.9 Å². The van der Waals surface area contributed by atoms with Crippen LogP contribution in [0.5, 0.6) is 11.5 Å². The lowest BCUT2D eigenvalue weighted by molar-refractivity contribution is 0.171. The number of hydrogen-bond acceptors (Lipinski definition) is 2. The molecule has 3 rings (SSSR count). The van der Waals surface area contributed by atoms with Crippen LogP contribution in [0.2, 0.25) is 0 Å². The number of aryl methyl sites for hydroxylation is 1. The molecule has 2 aromatic carbocycles. The van der Waals surface area contributed by atoms with Crippen LogP contribution < -0.4 is 9.47 Å². The minimum absolute atomic E-state index is 0.664. The Labute approximate surface area is 173 Å². The summed E-state index contributed by atoms with van der Waals surface area (Å²) in [5, 5.41) is 0. The van der Waals surface area contributed by atoms with Crippen LogP contribution in [0.4, 0.5) is 0 Å². The minimum atomic E-state index is 0.664. The van der Waals surface area contributed by atoms with Gasteiger partial charge >= 0.3 is 0 Å². The van der Waals surface area contributed by atoms with Gasteiger partial charge in [0.05, 0.1) is 0 Å². The first-order valence-electron chi connectivity index (χ1n) is 10.3. The zero-order chi connectivity index (χ0) is 21.4. The second kappa shape index (κ2) is 15.8. The molecule has 2 heteroatoms. The maximum atomic E-state index is 5.30. The molecule has 0 bridgehead atoms. The van der Waals surface area contributed by atoms with Crippen LogP contribution in [0.1, 0.15) is 59.6 Å². The van der Waals surface area contributed by atoms with Crippen molar-refractivity contribution in [2.75, 3.05) is 13.2 Å². The lowest BCUT2D eigenvalue weighted by Gasteiger charge is -2.17. The highest BCUT2D eigenvalue weighted by molar-refractivity contribution is 5.52. The molecule has 1 aliphatic rings. The van der Waals surface area contributed by atoms with Gasteiger partial charge in [-0.15, -0.1) is 0 Å². The molecule has 2 aromatic rings. The Morgan fingerprint density at radius 1 is 0.714 bits per heavy atom.